The lowest BCUT2D eigenvalue weighted by Crippen LogP contribution is -2.45. The van der Waals surface area contributed by atoms with Crippen LogP contribution in [0.25, 0.3) is 0 Å². The van der Waals surface area contributed by atoms with E-state index in [0.29, 0.717) is 32.1 Å². The fraction of sp³-hybridized carbons (Fsp3) is 0.688. The first-order valence-corrected chi connectivity index (χ1v) is 8.35. The maximum atomic E-state index is 12.2. The van der Waals surface area contributed by atoms with Gasteiger partial charge in [0.05, 0.1) is 25.5 Å². The summed E-state index contributed by atoms with van der Waals surface area (Å²) < 4.78 is 7.18. The number of guanidine groups is 1. The van der Waals surface area contributed by atoms with Crippen molar-refractivity contribution in [3.63, 3.8) is 0 Å². The number of carbonyl (C=O) groups excluding carboxylic acids is 1. The van der Waals surface area contributed by atoms with Crippen molar-refractivity contribution in [1.82, 2.24) is 19.6 Å². The Kier molecular flexibility index (Phi) is 6.66. The first-order valence-electron chi connectivity index (χ1n) is 8.35. The van der Waals surface area contributed by atoms with E-state index < -0.39 is 0 Å². The summed E-state index contributed by atoms with van der Waals surface area (Å²) in [6.45, 7) is 5.46. The fourth-order valence-corrected chi connectivity index (χ4v) is 3.49. The molecule has 2 fully saturated rings. The number of aryl methyl sites for hydroxylation is 1. The Morgan fingerprint density at radius 2 is 2.08 bits per heavy atom. The Labute approximate surface area is 165 Å². The smallest absolute Gasteiger partial charge is 0.223 e. The molecule has 0 radical (unpaired) electrons. The second kappa shape index (κ2) is 8.35. The first-order chi connectivity index (χ1) is 11.5. The van der Waals surface area contributed by atoms with Gasteiger partial charge in [0.1, 0.15) is 0 Å². The summed E-state index contributed by atoms with van der Waals surface area (Å²) in [4.78, 5) is 20.6. The minimum atomic E-state index is 0. The molecule has 0 aliphatic carbocycles. The second-order valence-electron chi connectivity index (χ2n) is 6.52. The molecule has 0 unspecified atom stereocenters. The van der Waals surface area contributed by atoms with Crippen molar-refractivity contribution in [2.45, 2.75) is 19.4 Å². The highest BCUT2D eigenvalue weighted by Crippen LogP contribution is 2.38. The number of hydrogen-bond acceptors (Lipinski definition) is 4. The first kappa shape index (κ1) is 20.0. The van der Waals surface area contributed by atoms with Crippen LogP contribution in [0.1, 0.15) is 23.7 Å². The van der Waals surface area contributed by atoms with Crippen LogP contribution in [0.5, 0.6) is 0 Å². The molecule has 0 spiro atoms. The van der Waals surface area contributed by atoms with E-state index in [-0.39, 0.29) is 41.8 Å². The molecule has 3 heterocycles. The van der Waals surface area contributed by atoms with Crippen molar-refractivity contribution in [3.05, 3.63) is 17.5 Å². The zero-order valence-electron chi connectivity index (χ0n) is 15.0. The van der Waals surface area contributed by atoms with Crippen molar-refractivity contribution in [3.8, 4) is 0 Å². The standard InChI is InChI=1S/C16H26N6O2.HI/c1-11-13(10-19-21(11)3)15-12(8-14(23)20(15)2)9-18-16(17)22-4-6-24-7-5-22;/h10,12,15H,4-9H2,1-3H3,(H2,17,18);1H/t12-,15+;/m0./s1. The van der Waals surface area contributed by atoms with Crippen LogP contribution >= 0.6 is 24.0 Å². The molecule has 0 aromatic carbocycles. The highest BCUT2D eigenvalue weighted by molar-refractivity contribution is 14.0. The van der Waals surface area contributed by atoms with Crippen LogP contribution in [0, 0.1) is 12.8 Å². The van der Waals surface area contributed by atoms with E-state index in [1.165, 1.54) is 0 Å². The Morgan fingerprint density at radius 3 is 2.68 bits per heavy atom. The number of likely N-dealkylation sites (tertiary alicyclic amines) is 1. The average molecular weight is 462 g/mol. The van der Waals surface area contributed by atoms with Gasteiger partial charge in [0.25, 0.3) is 0 Å². The van der Waals surface area contributed by atoms with E-state index in [1.54, 1.807) is 0 Å². The molecule has 140 valence electrons. The highest BCUT2D eigenvalue weighted by Gasteiger charge is 2.39. The number of carbonyl (C=O) groups is 1. The predicted octanol–water partition coefficient (Wildman–Crippen LogP) is 0.513. The maximum Gasteiger partial charge on any atom is 0.223 e. The summed E-state index contributed by atoms with van der Waals surface area (Å²) in [5.74, 6) is 0.806. The number of nitrogens with zero attached hydrogens (tertiary/aromatic N) is 5. The van der Waals surface area contributed by atoms with Crippen molar-refractivity contribution in [1.29, 1.82) is 0 Å². The SMILES string of the molecule is Cc1c([C@H]2[C@H](CN=C(N)N3CCOCC3)CC(=O)N2C)cnn1C.I. The van der Waals surface area contributed by atoms with Crippen LogP contribution in [-0.2, 0) is 16.6 Å². The molecule has 2 atom stereocenters. The molecule has 1 amide bonds. The Balaban J connectivity index is 0.00000225. The third-order valence-corrected chi connectivity index (χ3v) is 5.11. The Hall–Kier alpha value is -1.36. The number of ether oxygens (including phenoxy) is 1. The number of amides is 1. The molecule has 1 aromatic rings. The van der Waals surface area contributed by atoms with Crippen molar-refractivity contribution in [2.24, 2.45) is 23.7 Å². The van der Waals surface area contributed by atoms with E-state index in [9.17, 15) is 4.79 Å². The van der Waals surface area contributed by atoms with Gasteiger partial charge in [-0.25, -0.2) is 0 Å². The fourth-order valence-electron chi connectivity index (χ4n) is 3.49. The summed E-state index contributed by atoms with van der Waals surface area (Å²) in [5, 5.41) is 4.32. The summed E-state index contributed by atoms with van der Waals surface area (Å²) in [7, 11) is 3.77. The number of halogens is 1. The van der Waals surface area contributed by atoms with Crippen molar-refractivity contribution in [2.75, 3.05) is 39.9 Å². The average Bonchev–Trinajstić information content (AvgIpc) is 3.06. The summed E-state index contributed by atoms with van der Waals surface area (Å²) in [6.07, 6.45) is 2.35. The number of aromatic nitrogens is 2. The highest BCUT2D eigenvalue weighted by atomic mass is 127. The number of rotatable bonds is 3. The lowest BCUT2D eigenvalue weighted by Gasteiger charge is -2.28. The quantitative estimate of drug-likeness (QED) is 0.402. The molecule has 0 saturated carbocycles. The van der Waals surface area contributed by atoms with Gasteiger partial charge >= 0.3 is 0 Å². The molecular weight excluding hydrogens is 435 g/mol. The van der Waals surface area contributed by atoms with Gasteiger partial charge in [-0.3, -0.25) is 14.5 Å². The minimum absolute atomic E-state index is 0. The molecule has 2 saturated heterocycles. The maximum absolute atomic E-state index is 12.2. The van der Waals surface area contributed by atoms with Crippen LogP contribution < -0.4 is 5.73 Å². The zero-order chi connectivity index (χ0) is 17.3. The van der Waals surface area contributed by atoms with Crippen LogP contribution in [0.4, 0.5) is 0 Å². The van der Waals surface area contributed by atoms with Crippen molar-refractivity contribution >= 4 is 35.8 Å². The van der Waals surface area contributed by atoms with Crippen molar-refractivity contribution < 1.29 is 9.53 Å². The molecular formula is C16H27IN6O2. The van der Waals surface area contributed by atoms with Crippen LogP contribution in [0.15, 0.2) is 11.2 Å². The number of hydrogen-bond donors (Lipinski definition) is 1. The zero-order valence-corrected chi connectivity index (χ0v) is 17.3. The van der Waals surface area contributed by atoms with E-state index >= 15 is 0 Å². The summed E-state index contributed by atoms with van der Waals surface area (Å²) in [6, 6.07) is 0.00689. The molecule has 1 aromatic heterocycles. The molecule has 2 aliphatic rings. The lowest BCUT2D eigenvalue weighted by molar-refractivity contribution is -0.127. The summed E-state index contributed by atoms with van der Waals surface area (Å²) in [5.41, 5.74) is 8.29. The predicted molar refractivity (Wildman–Crippen MR) is 106 cm³/mol. The van der Waals surface area contributed by atoms with Gasteiger partial charge in [0.15, 0.2) is 5.96 Å². The summed E-state index contributed by atoms with van der Waals surface area (Å²) >= 11 is 0. The molecule has 8 nitrogen and oxygen atoms in total. The number of morpholine rings is 1. The van der Waals surface area contributed by atoms with E-state index in [4.69, 9.17) is 10.5 Å². The molecule has 3 rings (SSSR count). The van der Waals surface area contributed by atoms with Crippen LogP contribution in [0.3, 0.4) is 0 Å². The van der Waals surface area contributed by atoms with Gasteiger partial charge in [-0.2, -0.15) is 5.10 Å². The van der Waals surface area contributed by atoms with Gasteiger partial charge < -0.3 is 20.3 Å². The van der Waals surface area contributed by atoms with Gasteiger partial charge in [0, 0.05) is 57.3 Å². The minimum Gasteiger partial charge on any atom is -0.378 e. The molecule has 2 aliphatic heterocycles. The van der Waals surface area contributed by atoms with E-state index in [2.05, 4.69) is 10.1 Å². The molecule has 25 heavy (non-hydrogen) atoms. The van der Waals surface area contributed by atoms with Gasteiger partial charge in [-0.15, -0.1) is 24.0 Å². The van der Waals surface area contributed by atoms with Crippen LogP contribution in [-0.4, -0.2) is 71.3 Å². The van der Waals surface area contributed by atoms with Gasteiger partial charge in [-0.1, -0.05) is 0 Å². The second-order valence-corrected chi connectivity index (χ2v) is 6.52. The Bertz CT molecular complexity index is 641. The Morgan fingerprint density at radius 1 is 1.40 bits per heavy atom. The lowest BCUT2D eigenvalue weighted by atomic mass is 9.94. The molecule has 9 heteroatoms. The van der Waals surface area contributed by atoms with E-state index in [1.807, 2.05) is 41.7 Å². The monoisotopic (exact) mass is 462 g/mol. The number of nitrogens with two attached hydrogens (primary N) is 1. The topological polar surface area (TPSA) is 89.0 Å². The van der Waals surface area contributed by atoms with Gasteiger partial charge in [0.2, 0.25) is 5.91 Å². The normalized spacial score (nSPS) is 24.6. The van der Waals surface area contributed by atoms with Crippen LogP contribution in [0.2, 0.25) is 0 Å². The van der Waals surface area contributed by atoms with Gasteiger partial charge in [-0.05, 0) is 6.92 Å². The molecule has 0 bridgehead atoms. The third kappa shape index (κ3) is 4.08. The molecule has 2 N–H and O–H groups in total. The third-order valence-electron chi connectivity index (χ3n) is 5.11. The van der Waals surface area contributed by atoms with E-state index in [0.717, 1.165) is 24.3 Å². The largest absolute Gasteiger partial charge is 0.378 e. The number of aliphatic imine (C=N–C) groups is 1.